The van der Waals surface area contributed by atoms with Crippen LogP contribution in [0.15, 0.2) is 23.1 Å². The highest BCUT2D eigenvalue weighted by Gasteiger charge is 2.34. The van der Waals surface area contributed by atoms with Gasteiger partial charge >= 0.3 is 0 Å². The number of rotatable bonds is 6. The van der Waals surface area contributed by atoms with E-state index < -0.39 is 10.0 Å². The third-order valence-electron chi connectivity index (χ3n) is 5.90. The number of nitrogens with one attached hydrogen (secondary N) is 2. The van der Waals surface area contributed by atoms with E-state index in [1.54, 1.807) is 6.07 Å². The van der Waals surface area contributed by atoms with Gasteiger partial charge in [-0.3, -0.25) is 4.79 Å². The molecule has 1 heterocycles. The summed E-state index contributed by atoms with van der Waals surface area (Å²) in [5.74, 6) is 1.30. The molecule has 30 heavy (non-hydrogen) atoms. The van der Waals surface area contributed by atoms with Gasteiger partial charge in [0.2, 0.25) is 15.9 Å². The minimum absolute atomic E-state index is 0.0511. The van der Waals surface area contributed by atoms with Crippen molar-refractivity contribution >= 4 is 15.9 Å². The van der Waals surface area contributed by atoms with Crippen molar-refractivity contribution in [3.8, 4) is 11.5 Å². The van der Waals surface area contributed by atoms with Crippen LogP contribution in [0.1, 0.15) is 59.3 Å². The molecule has 0 spiro atoms. The number of carbonyl (C=O) groups excluding carboxylic acids is 1. The van der Waals surface area contributed by atoms with Gasteiger partial charge in [0.15, 0.2) is 11.5 Å². The predicted octanol–water partition coefficient (Wildman–Crippen LogP) is 3.24. The van der Waals surface area contributed by atoms with Crippen molar-refractivity contribution in [2.75, 3.05) is 19.8 Å². The van der Waals surface area contributed by atoms with Crippen molar-refractivity contribution in [2.24, 2.45) is 11.3 Å². The van der Waals surface area contributed by atoms with Gasteiger partial charge in [-0.05, 0) is 36.3 Å². The third-order valence-corrected chi connectivity index (χ3v) is 7.36. The summed E-state index contributed by atoms with van der Waals surface area (Å²) in [6.07, 6.45) is 5.28. The average Bonchev–Trinajstić information content (AvgIpc) is 2.92. The Bertz CT molecular complexity index is 848. The van der Waals surface area contributed by atoms with E-state index >= 15 is 0 Å². The summed E-state index contributed by atoms with van der Waals surface area (Å²) in [6.45, 7) is 7.72. The molecule has 2 N–H and O–H groups in total. The van der Waals surface area contributed by atoms with Crippen LogP contribution in [0.2, 0.25) is 0 Å². The molecule has 1 saturated carbocycles. The van der Waals surface area contributed by atoms with Crippen LogP contribution in [0.3, 0.4) is 0 Å². The van der Waals surface area contributed by atoms with E-state index in [0.29, 0.717) is 30.6 Å². The molecule has 2 atom stereocenters. The first-order valence-corrected chi connectivity index (χ1v) is 12.3. The maximum atomic E-state index is 12.6. The second-order valence-electron chi connectivity index (χ2n) is 9.24. The Labute approximate surface area is 180 Å². The lowest BCUT2D eigenvalue weighted by Crippen LogP contribution is -2.47. The highest BCUT2D eigenvalue weighted by molar-refractivity contribution is 7.89. The zero-order valence-electron chi connectivity index (χ0n) is 18.2. The Balaban J connectivity index is 1.54. The second kappa shape index (κ2) is 9.56. The van der Waals surface area contributed by atoms with E-state index in [1.165, 1.54) is 18.6 Å². The topological polar surface area (TPSA) is 93.7 Å². The molecule has 8 heteroatoms. The van der Waals surface area contributed by atoms with Gasteiger partial charge in [-0.15, -0.1) is 0 Å². The predicted molar refractivity (Wildman–Crippen MR) is 115 cm³/mol. The minimum atomic E-state index is -3.73. The number of ether oxygens (including phenoxy) is 2. The van der Waals surface area contributed by atoms with Crippen molar-refractivity contribution in [1.29, 1.82) is 0 Å². The summed E-state index contributed by atoms with van der Waals surface area (Å²) in [7, 11) is -3.73. The van der Waals surface area contributed by atoms with Crippen molar-refractivity contribution < 1.29 is 22.7 Å². The highest BCUT2D eigenvalue weighted by Crippen LogP contribution is 2.38. The van der Waals surface area contributed by atoms with Gasteiger partial charge < -0.3 is 14.8 Å². The summed E-state index contributed by atoms with van der Waals surface area (Å²) < 4.78 is 38.9. The molecule has 1 aromatic rings. The fourth-order valence-corrected chi connectivity index (χ4v) is 5.36. The molecule has 168 valence electrons. The van der Waals surface area contributed by atoms with Gasteiger partial charge in [0.05, 0.1) is 18.1 Å². The van der Waals surface area contributed by atoms with E-state index in [1.807, 2.05) is 0 Å². The van der Waals surface area contributed by atoms with Crippen LogP contribution in [0, 0.1) is 11.3 Å². The molecule has 2 unspecified atom stereocenters. The maximum Gasteiger partial charge on any atom is 0.240 e. The molecule has 0 bridgehead atoms. The summed E-state index contributed by atoms with van der Waals surface area (Å²) in [6, 6.07) is 4.73. The summed E-state index contributed by atoms with van der Waals surface area (Å²) in [5, 5.41) is 3.14. The van der Waals surface area contributed by atoms with Gasteiger partial charge in [0.25, 0.3) is 0 Å². The number of hydrogen-bond acceptors (Lipinski definition) is 5. The minimum Gasteiger partial charge on any atom is -0.490 e. The fraction of sp³-hybridized carbons (Fsp3) is 0.682. The Kier molecular flexibility index (Phi) is 7.29. The number of fused-ring (bicyclic) bond motifs is 1. The molecule has 0 aromatic heterocycles. The van der Waals surface area contributed by atoms with Crippen molar-refractivity contribution in [3.05, 3.63) is 18.2 Å². The van der Waals surface area contributed by atoms with Crippen LogP contribution in [0.4, 0.5) is 0 Å². The molecule has 1 aliphatic heterocycles. The Hall–Kier alpha value is -1.80. The molecular formula is C22H34N2O5S. The van der Waals surface area contributed by atoms with Gasteiger partial charge in [-0.1, -0.05) is 33.6 Å². The lowest BCUT2D eigenvalue weighted by Gasteiger charge is -2.40. The Morgan fingerprint density at radius 1 is 1.07 bits per heavy atom. The molecular weight excluding hydrogens is 404 g/mol. The summed E-state index contributed by atoms with van der Waals surface area (Å²) in [4.78, 5) is 12.6. The normalized spacial score (nSPS) is 22.2. The lowest BCUT2D eigenvalue weighted by atomic mass is 9.69. The van der Waals surface area contributed by atoms with Gasteiger partial charge in [-0.2, -0.15) is 0 Å². The van der Waals surface area contributed by atoms with Crippen molar-refractivity contribution in [3.63, 3.8) is 0 Å². The van der Waals surface area contributed by atoms with E-state index in [2.05, 4.69) is 30.8 Å². The van der Waals surface area contributed by atoms with E-state index in [-0.39, 0.29) is 35.2 Å². The maximum absolute atomic E-state index is 12.6. The second-order valence-corrected chi connectivity index (χ2v) is 11.0. The van der Waals surface area contributed by atoms with Crippen LogP contribution in [0.5, 0.6) is 11.5 Å². The Morgan fingerprint density at radius 3 is 2.50 bits per heavy atom. The highest BCUT2D eigenvalue weighted by atomic mass is 32.2. The zero-order valence-corrected chi connectivity index (χ0v) is 19.0. The van der Waals surface area contributed by atoms with Crippen LogP contribution >= 0.6 is 0 Å². The Morgan fingerprint density at radius 2 is 1.77 bits per heavy atom. The van der Waals surface area contributed by atoms with Gasteiger partial charge in [0.1, 0.15) is 0 Å². The number of hydrogen-bond donors (Lipinski definition) is 2. The van der Waals surface area contributed by atoms with Crippen LogP contribution in [-0.2, 0) is 14.8 Å². The smallest absolute Gasteiger partial charge is 0.240 e. The van der Waals surface area contributed by atoms with Crippen LogP contribution in [-0.4, -0.2) is 40.1 Å². The quantitative estimate of drug-likeness (QED) is 0.711. The van der Waals surface area contributed by atoms with Crippen LogP contribution in [0.25, 0.3) is 0 Å². The molecule has 1 amide bonds. The van der Waals surface area contributed by atoms with Crippen LogP contribution < -0.4 is 19.5 Å². The largest absolute Gasteiger partial charge is 0.490 e. The average molecular weight is 439 g/mol. The monoisotopic (exact) mass is 438 g/mol. The molecule has 2 aliphatic rings. The zero-order chi connectivity index (χ0) is 21.8. The fourth-order valence-electron chi connectivity index (χ4n) is 4.31. The van der Waals surface area contributed by atoms with Crippen molar-refractivity contribution in [2.45, 2.75) is 70.2 Å². The van der Waals surface area contributed by atoms with E-state index in [9.17, 15) is 13.2 Å². The SMILES string of the molecule is CC(C)(C)C1CCCCC1NC(=O)CCNS(=O)(=O)c1ccc2c(c1)OCCCO2. The molecule has 0 radical (unpaired) electrons. The first kappa shape index (κ1) is 22.9. The van der Waals surface area contributed by atoms with Gasteiger partial charge in [-0.25, -0.2) is 13.1 Å². The van der Waals surface area contributed by atoms with Gasteiger partial charge in [0, 0.05) is 31.5 Å². The summed E-state index contributed by atoms with van der Waals surface area (Å²) in [5.41, 5.74) is 0.136. The lowest BCUT2D eigenvalue weighted by molar-refractivity contribution is -0.122. The molecule has 7 nitrogen and oxygen atoms in total. The molecule has 1 fully saturated rings. The van der Waals surface area contributed by atoms with E-state index in [0.717, 1.165) is 25.7 Å². The number of benzene rings is 1. The molecule has 1 aliphatic carbocycles. The number of amides is 1. The first-order chi connectivity index (χ1) is 14.2. The van der Waals surface area contributed by atoms with Crippen molar-refractivity contribution in [1.82, 2.24) is 10.0 Å². The molecule has 1 aromatic carbocycles. The first-order valence-electron chi connectivity index (χ1n) is 10.9. The molecule has 3 rings (SSSR count). The third kappa shape index (κ3) is 5.88. The van der Waals surface area contributed by atoms with E-state index in [4.69, 9.17) is 9.47 Å². The number of sulfonamides is 1. The number of carbonyl (C=O) groups is 1. The standard InChI is InChI=1S/C22H34N2O5S/c1-22(2,3)17-7-4-5-8-18(17)24-21(25)11-12-23-30(26,27)16-9-10-19-20(15-16)29-14-6-13-28-19/h9-10,15,17-18,23H,4-8,11-14H2,1-3H3,(H,24,25). The molecule has 0 saturated heterocycles. The summed E-state index contributed by atoms with van der Waals surface area (Å²) >= 11 is 0.